The number of halogens is 1. The summed E-state index contributed by atoms with van der Waals surface area (Å²) in [5.74, 6) is -0.724. The summed E-state index contributed by atoms with van der Waals surface area (Å²) in [6, 6.07) is 11.2. The molecule has 0 aliphatic rings. The third kappa shape index (κ3) is 3.30. The second-order valence-electron chi connectivity index (χ2n) is 4.57. The van der Waals surface area contributed by atoms with Crippen molar-refractivity contribution in [3.63, 3.8) is 0 Å². The van der Waals surface area contributed by atoms with Crippen LogP contribution in [-0.4, -0.2) is 15.9 Å². The van der Waals surface area contributed by atoms with E-state index in [1.165, 1.54) is 23.5 Å². The van der Waals surface area contributed by atoms with Gasteiger partial charge < -0.3 is 4.74 Å². The molecule has 0 atom stereocenters. The lowest BCUT2D eigenvalue weighted by molar-refractivity contribution is -0.384. The van der Waals surface area contributed by atoms with Gasteiger partial charge in [0.2, 0.25) is 0 Å². The Bertz CT molecular complexity index is 876. The molecule has 23 heavy (non-hydrogen) atoms. The molecule has 6 nitrogen and oxygen atoms in total. The Morgan fingerprint density at radius 1 is 1.30 bits per heavy atom. The number of nitro groups is 1. The van der Waals surface area contributed by atoms with Crippen LogP contribution >= 0.6 is 22.9 Å². The van der Waals surface area contributed by atoms with Gasteiger partial charge in [0.05, 0.1) is 25.7 Å². The molecule has 0 amide bonds. The fraction of sp³-hybridized carbons (Fsp3) is 0.0667. The first-order chi connectivity index (χ1) is 11.0. The highest BCUT2D eigenvalue weighted by atomic mass is 35.5. The second-order valence-corrected chi connectivity index (χ2v) is 6.10. The molecule has 1 heterocycles. The Morgan fingerprint density at radius 2 is 2.09 bits per heavy atom. The van der Waals surface area contributed by atoms with Gasteiger partial charge in [0.15, 0.2) is 0 Å². The smallest absolute Gasteiger partial charge is 0.340 e. The zero-order valence-corrected chi connectivity index (χ0v) is 13.1. The van der Waals surface area contributed by atoms with Gasteiger partial charge in [-0.3, -0.25) is 10.1 Å². The Hall–Kier alpha value is -2.51. The monoisotopic (exact) mass is 348 g/mol. The molecule has 0 saturated carbocycles. The highest BCUT2D eigenvalue weighted by Crippen LogP contribution is 2.25. The van der Waals surface area contributed by atoms with Crippen LogP contribution in [0.15, 0.2) is 42.5 Å². The van der Waals surface area contributed by atoms with Gasteiger partial charge in [-0.05, 0) is 18.2 Å². The van der Waals surface area contributed by atoms with E-state index in [-0.39, 0.29) is 22.9 Å². The number of nitrogens with zero attached hydrogens (tertiary/aromatic N) is 2. The van der Waals surface area contributed by atoms with Gasteiger partial charge in [-0.25, -0.2) is 9.78 Å². The summed E-state index contributed by atoms with van der Waals surface area (Å²) < 4.78 is 6.15. The lowest BCUT2D eigenvalue weighted by Gasteiger charge is -2.04. The SMILES string of the molecule is O=C(OCc1nc2ccccc2s1)c1cc([N+](=O)[O-])ccc1Cl. The summed E-state index contributed by atoms with van der Waals surface area (Å²) in [6.07, 6.45) is 0. The number of hydrogen-bond acceptors (Lipinski definition) is 6. The van der Waals surface area contributed by atoms with Gasteiger partial charge in [-0.1, -0.05) is 23.7 Å². The van der Waals surface area contributed by atoms with Crippen LogP contribution in [0, 0.1) is 10.1 Å². The van der Waals surface area contributed by atoms with E-state index in [1.807, 2.05) is 24.3 Å². The molecular weight excluding hydrogens is 340 g/mol. The molecule has 2 aromatic carbocycles. The summed E-state index contributed by atoms with van der Waals surface area (Å²) in [5, 5.41) is 11.5. The van der Waals surface area contributed by atoms with E-state index >= 15 is 0 Å². The number of esters is 1. The number of carbonyl (C=O) groups excluding carboxylic acids is 1. The Morgan fingerprint density at radius 3 is 2.83 bits per heavy atom. The lowest BCUT2D eigenvalue weighted by atomic mass is 10.2. The van der Waals surface area contributed by atoms with Gasteiger partial charge in [0, 0.05) is 12.1 Å². The number of nitro benzene ring substituents is 1. The number of carbonyl (C=O) groups is 1. The molecule has 3 aromatic rings. The molecule has 0 fully saturated rings. The van der Waals surface area contributed by atoms with Crippen LogP contribution in [0.2, 0.25) is 5.02 Å². The van der Waals surface area contributed by atoms with Gasteiger partial charge in [0.25, 0.3) is 5.69 Å². The maximum atomic E-state index is 12.1. The summed E-state index contributed by atoms with van der Waals surface area (Å²) >= 11 is 7.32. The fourth-order valence-corrected chi connectivity index (χ4v) is 3.05. The number of benzene rings is 2. The number of para-hydroxylation sites is 1. The standard InChI is InChI=1S/C15H9ClN2O4S/c16-11-6-5-9(18(20)21)7-10(11)15(19)22-8-14-17-12-3-1-2-4-13(12)23-14/h1-7H,8H2. The molecule has 0 bridgehead atoms. The molecule has 1 aromatic heterocycles. The minimum atomic E-state index is -0.724. The molecule has 0 aliphatic heterocycles. The Kier molecular flexibility index (Phi) is 4.22. The number of non-ortho nitro benzene ring substituents is 1. The summed E-state index contributed by atoms with van der Waals surface area (Å²) in [7, 11) is 0. The zero-order valence-electron chi connectivity index (χ0n) is 11.6. The van der Waals surface area contributed by atoms with E-state index in [0.29, 0.717) is 5.01 Å². The van der Waals surface area contributed by atoms with Crippen LogP contribution in [0.5, 0.6) is 0 Å². The summed E-state index contributed by atoms with van der Waals surface area (Å²) in [6.45, 7) is -0.0167. The second kappa shape index (κ2) is 6.31. The average Bonchev–Trinajstić information content (AvgIpc) is 2.95. The van der Waals surface area contributed by atoms with E-state index in [9.17, 15) is 14.9 Å². The maximum Gasteiger partial charge on any atom is 0.340 e. The van der Waals surface area contributed by atoms with Crippen molar-refractivity contribution in [3.8, 4) is 0 Å². The average molecular weight is 349 g/mol. The molecule has 0 spiro atoms. The number of rotatable bonds is 4. The maximum absolute atomic E-state index is 12.1. The predicted octanol–water partition coefficient (Wildman–Crippen LogP) is 4.21. The predicted molar refractivity (Wildman–Crippen MR) is 86.8 cm³/mol. The normalized spacial score (nSPS) is 10.7. The molecule has 116 valence electrons. The summed E-state index contributed by atoms with van der Waals surface area (Å²) in [4.78, 5) is 26.6. The van der Waals surface area contributed by atoms with Crippen LogP contribution in [-0.2, 0) is 11.3 Å². The van der Waals surface area contributed by atoms with E-state index in [1.54, 1.807) is 0 Å². The molecular formula is C15H9ClN2O4S. The first-order valence-corrected chi connectivity index (χ1v) is 7.69. The molecule has 0 N–H and O–H groups in total. The topological polar surface area (TPSA) is 82.3 Å². The minimum Gasteiger partial charge on any atom is -0.455 e. The van der Waals surface area contributed by atoms with Crippen molar-refractivity contribution in [1.82, 2.24) is 4.98 Å². The minimum absolute atomic E-state index is 0.0167. The molecule has 3 rings (SSSR count). The van der Waals surface area contributed by atoms with Crippen molar-refractivity contribution < 1.29 is 14.5 Å². The highest BCUT2D eigenvalue weighted by molar-refractivity contribution is 7.18. The van der Waals surface area contributed by atoms with Crippen molar-refractivity contribution in [2.24, 2.45) is 0 Å². The van der Waals surface area contributed by atoms with Gasteiger partial charge >= 0.3 is 5.97 Å². The van der Waals surface area contributed by atoms with Gasteiger partial charge in [-0.15, -0.1) is 11.3 Å². The van der Waals surface area contributed by atoms with Crippen LogP contribution in [0.25, 0.3) is 10.2 Å². The van der Waals surface area contributed by atoms with E-state index in [0.717, 1.165) is 16.3 Å². The van der Waals surface area contributed by atoms with Gasteiger partial charge in [-0.2, -0.15) is 0 Å². The first-order valence-electron chi connectivity index (χ1n) is 6.50. The largest absolute Gasteiger partial charge is 0.455 e. The third-order valence-corrected chi connectivity index (χ3v) is 4.39. The van der Waals surface area contributed by atoms with Gasteiger partial charge in [0.1, 0.15) is 11.6 Å². The molecule has 8 heteroatoms. The molecule has 0 aliphatic carbocycles. The van der Waals surface area contributed by atoms with Crippen LogP contribution in [0.1, 0.15) is 15.4 Å². The first kappa shape index (κ1) is 15.4. The quantitative estimate of drug-likeness (QED) is 0.400. The fourth-order valence-electron chi connectivity index (χ4n) is 1.97. The van der Waals surface area contributed by atoms with Crippen molar-refractivity contribution in [3.05, 3.63) is 68.2 Å². The van der Waals surface area contributed by atoms with Crippen molar-refractivity contribution in [2.75, 3.05) is 0 Å². The summed E-state index contributed by atoms with van der Waals surface area (Å²) in [5.41, 5.74) is 0.570. The van der Waals surface area contributed by atoms with E-state index in [2.05, 4.69) is 4.98 Å². The van der Waals surface area contributed by atoms with E-state index < -0.39 is 10.9 Å². The number of hydrogen-bond donors (Lipinski definition) is 0. The Balaban J connectivity index is 1.76. The van der Waals surface area contributed by atoms with Crippen LogP contribution in [0.3, 0.4) is 0 Å². The zero-order chi connectivity index (χ0) is 16.4. The third-order valence-electron chi connectivity index (χ3n) is 3.05. The van der Waals surface area contributed by atoms with Crippen LogP contribution in [0.4, 0.5) is 5.69 Å². The number of ether oxygens (including phenoxy) is 1. The highest BCUT2D eigenvalue weighted by Gasteiger charge is 2.17. The van der Waals surface area contributed by atoms with Crippen molar-refractivity contribution in [2.45, 2.75) is 6.61 Å². The number of thiazole rings is 1. The van der Waals surface area contributed by atoms with Crippen molar-refractivity contribution in [1.29, 1.82) is 0 Å². The Labute approximate surface area is 139 Å². The van der Waals surface area contributed by atoms with Crippen LogP contribution < -0.4 is 0 Å². The number of aromatic nitrogens is 1. The molecule has 0 radical (unpaired) electrons. The number of fused-ring (bicyclic) bond motifs is 1. The molecule has 0 saturated heterocycles. The lowest BCUT2D eigenvalue weighted by Crippen LogP contribution is -2.06. The molecule has 0 unspecified atom stereocenters. The van der Waals surface area contributed by atoms with Crippen molar-refractivity contribution >= 4 is 44.8 Å². The van der Waals surface area contributed by atoms with E-state index in [4.69, 9.17) is 16.3 Å².